The van der Waals surface area contributed by atoms with Crippen LogP contribution in [0.2, 0.25) is 0 Å². The van der Waals surface area contributed by atoms with Gasteiger partial charge in [0.1, 0.15) is 5.69 Å². The molecular formula is C15H23N3O3. The molecule has 1 unspecified atom stereocenters. The SMILES string of the molecule is CCCCC(CCC)NC(=O)c1cccc([N+](=O)[O-])c1N. The maximum Gasteiger partial charge on any atom is 0.292 e. The number of nitrogens with one attached hydrogen (secondary N) is 1. The van der Waals surface area contributed by atoms with Gasteiger partial charge in [-0.3, -0.25) is 14.9 Å². The molecule has 1 aromatic rings. The number of anilines is 1. The van der Waals surface area contributed by atoms with Crippen molar-refractivity contribution in [1.29, 1.82) is 0 Å². The van der Waals surface area contributed by atoms with Crippen molar-refractivity contribution in [2.45, 2.75) is 52.0 Å². The molecule has 1 atom stereocenters. The normalized spacial score (nSPS) is 11.9. The van der Waals surface area contributed by atoms with E-state index in [0.717, 1.165) is 32.1 Å². The molecule has 6 heteroatoms. The fourth-order valence-electron chi connectivity index (χ4n) is 2.26. The van der Waals surface area contributed by atoms with Crippen LogP contribution in [0, 0.1) is 10.1 Å². The summed E-state index contributed by atoms with van der Waals surface area (Å²) in [4.78, 5) is 22.6. The highest BCUT2D eigenvalue weighted by Crippen LogP contribution is 2.25. The molecule has 0 fully saturated rings. The lowest BCUT2D eigenvalue weighted by Gasteiger charge is -2.18. The van der Waals surface area contributed by atoms with Crippen LogP contribution in [-0.2, 0) is 0 Å². The Balaban J connectivity index is 2.87. The van der Waals surface area contributed by atoms with Crippen molar-refractivity contribution in [3.8, 4) is 0 Å². The van der Waals surface area contributed by atoms with E-state index in [1.54, 1.807) is 0 Å². The van der Waals surface area contributed by atoms with Crippen molar-refractivity contribution in [2.24, 2.45) is 0 Å². The van der Waals surface area contributed by atoms with Gasteiger partial charge in [-0.1, -0.05) is 39.2 Å². The molecule has 0 aliphatic heterocycles. The minimum Gasteiger partial charge on any atom is -0.393 e. The molecule has 21 heavy (non-hydrogen) atoms. The Morgan fingerprint density at radius 2 is 2.05 bits per heavy atom. The summed E-state index contributed by atoms with van der Waals surface area (Å²) in [6, 6.07) is 4.37. The summed E-state index contributed by atoms with van der Waals surface area (Å²) in [7, 11) is 0. The zero-order valence-corrected chi connectivity index (χ0v) is 12.6. The number of para-hydroxylation sites is 1. The Morgan fingerprint density at radius 3 is 2.62 bits per heavy atom. The van der Waals surface area contributed by atoms with Crippen molar-refractivity contribution in [2.75, 3.05) is 5.73 Å². The zero-order valence-electron chi connectivity index (χ0n) is 12.6. The van der Waals surface area contributed by atoms with Crippen LogP contribution in [0.3, 0.4) is 0 Å². The number of nitrogens with zero attached hydrogens (tertiary/aromatic N) is 1. The minimum atomic E-state index is -0.577. The van der Waals surface area contributed by atoms with E-state index in [4.69, 9.17) is 5.73 Å². The van der Waals surface area contributed by atoms with Crippen LogP contribution in [0.25, 0.3) is 0 Å². The van der Waals surface area contributed by atoms with Gasteiger partial charge < -0.3 is 11.1 Å². The Morgan fingerprint density at radius 1 is 1.33 bits per heavy atom. The second-order valence-electron chi connectivity index (χ2n) is 5.10. The molecule has 116 valence electrons. The lowest BCUT2D eigenvalue weighted by molar-refractivity contribution is -0.383. The average molecular weight is 293 g/mol. The smallest absolute Gasteiger partial charge is 0.292 e. The summed E-state index contributed by atoms with van der Waals surface area (Å²) in [5, 5.41) is 13.8. The molecular weight excluding hydrogens is 270 g/mol. The molecule has 6 nitrogen and oxygen atoms in total. The largest absolute Gasteiger partial charge is 0.393 e. The van der Waals surface area contributed by atoms with E-state index in [9.17, 15) is 14.9 Å². The van der Waals surface area contributed by atoms with Gasteiger partial charge in [-0.15, -0.1) is 0 Å². The number of benzene rings is 1. The van der Waals surface area contributed by atoms with Crippen LogP contribution in [-0.4, -0.2) is 16.9 Å². The van der Waals surface area contributed by atoms with Gasteiger partial charge in [0.25, 0.3) is 11.6 Å². The number of carbonyl (C=O) groups is 1. The number of nitrogen functional groups attached to an aromatic ring is 1. The van der Waals surface area contributed by atoms with E-state index in [2.05, 4.69) is 19.2 Å². The monoisotopic (exact) mass is 293 g/mol. The van der Waals surface area contributed by atoms with Gasteiger partial charge in [0.2, 0.25) is 0 Å². The molecule has 0 aliphatic carbocycles. The first-order chi connectivity index (χ1) is 10.0. The predicted octanol–water partition coefficient (Wildman–Crippen LogP) is 3.27. The molecule has 0 heterocycles. The van der Waals surface area contributed by atoms with Crippen molar-refractivity contribution < 1.29 is 9.72 Å². The number of nitro groups is 1. The van der Waals surface area contributed by atoms with Crippen molar-refractivity contribution in [3.63, 3.8) is 0 Å². The van der Waals surface area contributed by atoms with Gasteiger partial charge in [-0.05, 0) is 18.9 Å². The fourth-order valence-corrected chi connectivity index (χ4v) is 2.26. The number of rotatable bonds is 8. The van der Waals surface area contributed by atoms with E-state index in [1.807, 2.05) is 0 Å². The highest BCUT2D eigenvalue weighted by molar-refractivity contribution is 6.01. The van der Waals surface area contributed by atoms with Gasteiger partial charge >= 0.3 is 0 Å². The van der Waals surface area contributed by atoms with Gasteiger partial charge in [0, 0.05) is 12.1 Å². The van der Waals surface area contributed by atoms with Gasteiger partial charge in [-0.2, -0.15) is 0 Å². The third-order valence-electron chi connectivity index (χ3n) is 3.40. The Hall–Kier alpha value is -2.11. The number of hydrogen-bond donors (Lipinski definition) is 2. The van der Waals surface area contributed by atoms with Crippen LogP contribution in [0.1, 0.15) is 56.3 Å². The van der Waals surface area contributed by atoms with Crippen LogP contribution >= 0.6 is 0 Å². The molecule has 0 radical (unpaired) electrons. The molecule has 0 saturated carbocycles. The maximum atomic E-state index is 12.3. The van der Waals surface area contributed by atoms with E-state index >= 15 is 0 Å². The van der Waals surface area contributed by atoms with Crippen LogP contribution in [0.5, 0.6) is 0 Å². The maximum absolute atomic E-state index is 12.3. The molecule has 1 aromatic carbocycles. The standard InChI is InChI=1S/C15H23N3O3/c1-3-5-8-11(7-4-2)17-15(19)12-9-6-10-13(14(12)16)18(20)21/h6,9-11H,3-5,7-8,16H2,1-2H3,(H,17,19). The van der Waals surface area contributed by atoms with Crippen LogP contribution in [0.4, 0.5) is 11.4 Å². The number of amides is 1. The van der Waals surface area contributed by atoms with E-state index < -0.39 is 4.92 Å². The second-order valence-corrected chi connectivity index (χ2v) is 5.10. The number of carbonyl (C=O) groups excluding carboxylic acids is 1. The lowest BCUT2D eigenvalue weighted by Crippen LogP contribution is -2.35. The van der Waals surface area contributed by atoms with Crippen molar-refractivity contribution in [3.05, 3.63) is 33.9 Å². The second kappa shape index (κ2) is 8.24. The highest BCUT2D eigenvalue weighted by Gasteiger charge is 2.20. The number of unbranched alkanes of at least 4 members (excludes halogenated alkanes) is 1. The summed E-state index contributed by atoms with van der Waals surface area (Å²) in [5.74, 6) is -0.342. The summed E-state index contributed by atoms with van der Waals surface area (Å²) in [6.45, 7) is 4.16. The lowest BCUT2D eigenvalue weighted by atomic mass is 10.0. The van der Waals surface area contributed by atoms with E-state index in [-0.39, 0.29) is 28.9 Å². The number of nitro benzene ring substituents is 1. The molecule has 0 bridgehead atoms. The number of nitrogens with two attached hydrogens (primary N) is 1. The summed E-state index contributed by atoms with van der Waals surface area (Å²) in [6.07, 6.45) is 4.87. The van der Waals surface area contributed by atoms with Gasteiger partial charge in [0.05, 0.1) is 10.5 Å². The molecule has 0 aliphatic rings. The molecule has 0 saturated heterocycles. The summed E-state index contributed by atoms with van der Waals surface area (Å²) >= 11 is 0. The molecule has 1 amide bonds. The van der Waals surface area contributed by atoms with Crippen molar-refractivity contribution in [1.82, 2.24) is 5.32 Å². The Kier molecular flexibility index (Phi) is 6.65. The van der Waals surface area contributed by atoms with E-state index in [1.165, 1.54) is 18.2 Å². The summed E-state index contributed by atoms with van der Waals surface area (Å²) in [5.41, 5.74) is 5.59. The Bertz CT molecular complexity index is 503. The third kappa shape index (κ3) is 4.73. The van der Waals surface area contributed by atoms with Crippen molar-refractivity contribution >= 4 is 17.3 Å². The minimum absolute atomic E-state index is 0.0780. The predicted molar refractivity (Wildman–Crippen MR) is 83.2 cm³/mol. The quantitative estimate of drug-likeness (QED) is 0.436. The average Bonchev–Trinajstić information content (AvgIpc) is 2.44. The van der Waals surface area contributed by atoms with Crippen LogP contribution in [0.15, 0.2) is 18.2 Å². The first-order valence-corrected chi connectivity index (χ1v) is 7.34. The molecule has 1 rings (SSSR count). The van der Waals surface area contributed by atoms with Crippen LogP contribution < -0.4 is 11.1 Å². The zero-order chi connectivity index (χ0) is 15.8. The number of hydrogen-bond acceptors (Lipinski definition) is 4. The first kappa shape index (κ1) is 16.9. The van der Waals surface area contributed by atoms with Gasteiger partial charge in [0.15, 0.2) is 0 Å². The highest BCUT2D eigenvalue weighted by atomic mass is 16.6. The van der Waals surface area contributed by atoms with E-state index in [0.29, 0.717) is 0 Å². The third-order valence-corrected chi connectivity index (χ3v) is 3.40. The van der Waals surface area contributed by atoms with Gasteiger partial charge in [-0.25, -0.2) is 0 Å². The summed E-state index contributed by atoms with van der Waals surface area (Å²) < 4.78 is 0. The molecule has 0 aromatic heterocycles. The topological polar surface area (TPSA) is 98.3 Å². The molecule has 3 N–H and O–H groups in total. The molecule has 0 spiro atoms. The Labute approximate surface area is 124 Å². The first-order valence-electron chi connectivity index (χ1n) is 7.34. The fraction of sp³-hybridized carbons (Fsp3) is 0.533.